The molecule has 2 aliphatic carbocycles. The fraction of sp³-hybridized carbons (Fsp3) is 0.636. The molecule has 152 valence electrons. The number of carbonyl (C=O) groups excluding carboxylic acids is 4. The third kappa shape index (κ3) is 2.60. The third-order valence-corrected chi connectivity index (χ3v) is 7.17. The first-order valence-corrected chi connectivity index (χ1v) is 9.71. The van der Waals surface area contributed by atoms with Gasteiger partial charge in [0.1, 0.15) is 12.4 Å². The van der Waals surface area contributed by atoms with Crippen LogP contribution < -0.4 is 0 Å². The van der Waals surface area contributed by atoms with Crippen LogP contribution in [-0.4, -0.2) is 35.7 Å². The molecule has 3 rings (SSSR count). The predicted molar refractivity (Wildman–Crippen MR) is 101 cm³/mol. The molecular weight excluding hydrogens is 360 g/mol. The van der Waals surface area contributed by atoms with Gasteiger partial charge in [0.25, 0.3) is 0 Å². The molecule has 0 aromatic heterocycles. The minimum atomic E-state index is -1.50. The van der Waals surface area contributed by atoms with E-state index in [9.17, 15) is 19.2 Å². The highest BCUT2D eigenvalue weighted by atomic mass is 16.6. The van der Waals surface area contributed by atoms with Gasteiger partial charge < -0.3 is 9.47 Å². The van der Waals surface area contributed by atoms with Crippen molar-refractivity contribution < 1.29 is 28.7 Å². The van der Waals surface area contributed by atoms with E-state index < -0.39 is 34.5 Å². The maximum absolute atomic E-state index is 13.0. The summed E-state index contributed by atoms with van der Waals surface area (Å²) in [6.07, 6.45) is 2.22. The minimum absolute atomic E-state index is 0.0203. The van der Waals surface area contributed by atoms with Crippen LogP contribution in [0.3, 0.4) is 0 Å². The summed E-state index contributed by atoms with van der Waals surface area (Å²) in [7, 11) is 0. The largest absolute Gasteiger partial charge is 0.462 e. The smallest absolute Gasteiger partial charge is 0.307 e. The van der Waals surface area contributed by atoms with Crippen LogP contribution in [0.15, 0.2) is 23.8 Å². The zero-order valence-electron chi connectivity index (χ0n) is 17.2. The lowest BCUT2D eigenvalue weighted by Gasteiger charge is -2.43. The molecular formula is C22H28O6. The molecule has 3 aliphatic rings. The summed E-state index contributed by atoms with van der Waals surface area (Å²) >= 11 is 0. The lowest BCUT2D eigenvalue weighted by Crippen LogP contribution is -2.52. The van der Waals surface area contributed by atoms with Gasteiger partial charge >= 0.3 is 11.9 Å². The number of hydrogen-bond acceptors (Lipinski definition) is 6. The van der Waals surface area contributed by atoms with Crippen molar-refractivity contribution in [1.82, 2.24) is 0 Å². The average Bonchev–Trinajstić information content (AvgIpc) is 2.97. The number of Topliss-reactive ketones (excluding diaryl/α,β-unsaturated/α-hetero) is 1. The number of aldehydes is 1. The number of allylic oxidation sites excluding steroid dienone is 1. The molecule has 0 amide bonds. The molecule has 28 heavy (non-hydrogen) atoms. The molecule has 1 heterocycles. The molecule has 6 nitrogen and oxygen atoms in total. The monoisotopic (exact) mass is 388 g/mol. The third-order valence-electron chi connectivity index (χ3n) is 7.17. The Balaban J connectivity index is 2.31. The topological polar surface area (TPSA) is 86.7 Å². The number of carbonyl (C=O) groups is 4. The van der Waals surface area contributed by atoms with Crippen molar-refractivity contribution in [3.63, 3.8) is 0 Å². The molecule has 5 unspecified atom stereocenters. The lowest BCUT2D eigenvalue weighted by atomic mass is 9.64. The Morgan fingerprint density at radius 3 is 2.54 bits per heavy atom. The molecule has 0 N–H and O–H groups in total. The van der Waals surface area contributed by atoms with Crippen LogP contribution in [0.4, 0.5) is 0 Å². The Bertz CT molecular complexity index is 808. The van der Waals surface area contributed by atoms with Gasteiger partial charge in [0, 0.05) is 29.9 Å². The Labute approximate surface area is 165 Å². The van der Waals surface area contributed by atoms with E-state index in [1.807, 2.05) is 6.92 Å². The van der Waals surface area contributed by atoms with E-state index in [0.717, 1.165) is 0 Å². The summed E-state index contributed by atoms with van der Waals surface area (Å²) in [5.41, 5.74) is -2.49. The molecule has 0 aromatic carbocycles. The van der Waals surface area contributed by atoms with Crippen LogP contribution in [0.2, 0.25) is 0 Å². The Hall–Kier alpha value is -2.24. The van der Waals surface area contributed by atoms with Gasteiger partial charge in [0.2, 0.25) is 0 Å². The predicted octanol–water partition coefficient (Wildman–Crippen LogP) is 2.95. The van der Waals surface area contributed by atoms with Gasteiger partial charge in [-0.15, -0.1) is 0 Å². The average molecular weight is 388 g/mol. The summed E-state index contributed by atoms with van der Waals surface area (Å²) < 4.78 is 11.4. The van der Waals surface area contributed by atoms with Gasteiger partial charge in [-0.25, -0.2) is 0 Å². The number of hydrogen-bond donors (Lipinski definition) is 0. The molecule has 1 saturated heterocycles. The van der Waals surface area contributed by atoms with Gasteiger partial charge in [0.15, 0.2) is 11.4 Å². The van der Waals surface area contributed by atoms with Crippen LogP contribution in [0.5, 0.6) is 0 Å². The van der Waals surface area contributed by atoms with Gasteiger partial charge in [-0.3, -0.25) is 19.2 Å². The Morgan fingerprint density at radius 1 is 1.36 bits per heavy atom. The van der Waals surface area contributed by atoms with Gasteiger partial charge in [-0.05, 0) is 24.3 Å². The first-order chi connectivity index (χ1) is 12.9. The van der Waals surface area contributed by atoms with E-state index >= 15 is 0 Å². The second-order valence-corrected chi connectivity index (χ2v) is 9.20. The van der Waals surface area contributed by atoms with Crippen LogP contribution in [0.25, 0.3) is 0 Å². The van der Waals surface area contributed by atoms with E-state index in [-0.39, 0.29) is 29.6 Å². The Morgan fingerprint density at radius 2 is 2.00 bits per heavy atom. The molecule has 1 saturated carbocycles. The molecule has 0 radical (unpaired) electrons. The van der Waals surface area contributed by atoms with E-state index in [1.165, 1.54) is 6.92 Å². The fourth-order valence-electron chi connectivity index (χ4n) is 5.64. The second-order valence-electron chi connectivity index (χ2n) is 9.20. The van der Waals surface area contributed by atoms with Crippen LogP contribution in [-0.2, 0) is 28.7 Å². The van der Waals surface area contributed by atoms with Crippen LogP contribution >= 0.6 is 0 Å². The molecule has 2 fully saturated rings. The molecule has 1 aliphatic heterocycles. The zero-order chi connectivity index (χ0) is 21.1. The number of esters is 2. The summed E-state index contributed by atoms with van der Waals surface area (Å²) in [6, 6.07) is 0. The van der Waals surface area contributed by atoms with E-state index in [2.05, 4.69) is 20.4 Å². The van der Waals surface area contributed by atoms with Crippen molar-refractivity contribution in [3.8, 4) is 0 Å². The molecule has 6 heteroatoms. The zero-order valence-corrected chi connectivity index (χ0v) is 17.2. The summed E-state index contributed by atoms with van der Waals surface area (Å²) in [4.78, 5) is 49.1. The van der Waals surface area contributed by atoms with Crippen molar-refractivity contribution in [2.75, 3.05) is 0 Å². The maximum atomic E-state index is 13.0. The van der Waals surface area contributed by atoms with E-state index in [4.69, 9.17) is 9.47 Å². The summed E-state index contributed by atoms with van der Waals surface area (Å²) in [6.45, 7) is 13.1. The van der Waals surface area contributed by atoms with Crippen molar-refractivity contribution >= 4 is 24.0 Å². The van der Waals surface area contributed by atoms with Gasteiger partial charge in [-0.2, -0.15) is 0 Å². The highest BCUT2D eigenvalue weighted by molar-refractivity contribution is 6.00. The number of fused-ring (bicyclic) bond motifs is 2. The Kier molecular flexibility index (Phi) is 4.68. The number of ether oxygens (including phenoxy) is 2. The minimum Gasteiger partial charge on any atom is -0.462 e. The van der Waals surface area contributed by atoms with E-state index in [0.29, 0.717) is 24.7 Å². The molecule has 0 aromatic rings. The lowest BCUT2D eigenvalue weighted by molar-refractivity contribution is -0.161. The highest BCUT2D eigenvalue weighted by Gasteiger charge is 2.67. The number of rotatable bonds is 4. The van der Waals surface area contributed by atoms with Gasteiger partial charge in [0.05, 0.1) is 11.8 Å². The van der Waals surface area contributed by atoms with Crippen LogP contribution in [0.1, 0.15) is 53.9 Å². The van der Waals surface area contributed by atoms with Crippen LogP contribution in [0, 0.1) is 22.7 Å². The second kappa shape index (κ2) is 6.39. The van der Waals surface area contributed by atoms with Crippen molar-refractivity contribution in [3.05, 3.63) is 23.8 Å². The summed E-state index contributed by atoms with van der Waals surface area (Å²) in [5, 5.41) is 0. The first kappa shape index (κ1) is 20.5. The molecule has 5 atom stereocenters. The van der Waals surface area contributed by atoms with Crippen molar-refractivity contribution in [2.45, 2.75) is 65.6 Å². The maximum Gasteiger partial charge on any atom is 0.307 e. The quantitative estimate of drug-likeness (QED) is 0.418. The summed E-state index contributed by atoms with van der Waals surface area (Å²) in [5.74, 6) is -0.712. The molecule has 0 spiro atoms. The first-order valence-electron chi connectivity index (χ1n) is 9.71. The fourth-order valence-corrected chi connectivity index (χ4v) is 5.64. The number of ketones is 1. The van der Waals surface area contributed by atoms with Gasteiger partial charge in [-0.1, -0.05) is 34.3 Å². The molecule has 0 bridgehead atoms. The normalized spacial score (nSPS) is 39.6. The van der Waals surface area contributed by atoms with E-state index in [1.54, 1.807) is 13.0 Å². The SMILES string of the molecule is C=C(C=O)C12C=C3C(=O)CC(C(C)C)C3(C)CC(OC(C)=O)C1(C)CC(=O)O2. The van der Waals surface area contributed by atoms with Crippen molar-refractivity contribution in [1.29, 1.82) is 0 Å². The van der Waals surface area contributed by atoms with Crippen molar-refractivity contribution in [2.24, 2.45) is 22.7 Å². The highest BCUT2D eigenvalue weighted by Crippen LogP contribution is 2.62. The standard InChI is InChI=1S/C22H28O6/c1-12(2)15-7-17(25)16-8-22(13(3)11-23)21(6,10-19(26)28-22)18(27-14(4)24)9-20(15,16)5/h8,11-12,15,18H,3,7,9-10H2,1-2,4-6H3.